The van der Waals surface area contributed by atoms with Crippen molar-refractivity contribution in [2.24, 2.45) is 5.73 Å². The zero-order valence-corrected chi connectivity index (χ0v) is 9.12. The minimum atomic E-state index is -0.478. The molecule has 2 rings (SSSR count). The summed E-state index contributed by atoms with van der Waals surface area (Å²) in [6.07, 6.45) is 3.34. The van der Waals surface area contributed by atoms with Crippen molar-refractivity contribution in [1.29, 1.82) is 0 Å². The first-order valence-corrected chi connectivity index (χ1v) is 5.35. The van der Waals surface area contributed by atoms with E-state index in [0.717, 1.165) is 0 Å². The third-order valence-corrected chi connectivity index (χ3v) is 2.93. The fourth-order valence-electron chi connectivity index (χ4n) is 1.24. The van der Waals surface area contributed by atoms with Crippen molar-refractivity contribution in [3.63, 3.8) is 0 Å². The van der Waals surface area contributed by atoms with Crippen LogP contribution < -0.4 is 11.5 Å². The Hall–Kier alpha value is -1.95. The Labute approximate surface area is 96.2 Å². The number of primary amides is 1. The Kier molecular flexibility index (Phi) is 2.82. The molecule has 1 amide bonds. The van der Waals surface area contributed by atoms with Gasteiger partial charge in [-0.05, 0) is 18.2 Å². The normalized spacial score (nSPS) is 10.2. The van der Waals surface area contributed by atoms with E-state index in [-0.39, 0.29) is 0 Å². The highest BCUT2D eigenvalue weighted by Gasteiger charge is 2.10. The number of amides is 1. The Bertz CT molecular complexity index is 510. The minimum absolute atomic E-state index is 0.440. The van der Waals surface area contributed by atoms with Crippen LogP contribution in [0.2, 0.25) is 0 Å². The van der Waals surface area contributed by atoms with Crippen LogP contribution in [0, 0.1) is 0 Å². The summed E-state index contributed by atoms with van der Waals surface area (Å²) in [7, 11) is 0. The Morgan fingerprint density at radius 1 is 1.44 bits per heavy atom. The van der Waals surface area contributed by atoms with Gasteiger partial charge in [0.2, 0.25) is 5.91 Å². The molecule has 6 heteroatoms. The summed E-state index contributed by atoms with van der Waals surface area (Å²) in [5.41, 5.74) is 12.0. The van der Waals surface area contributed by atoms with E-state index in [1.54, 1.807) is 30.6 Å². The molecule has 0 saturated heterocycles. The van der Waals surface area contributed by atoms with Crippen molar-refractivity contribution in [3.8, 4) is 0 Å². The highest BCUT2D eigenvalue weighted by Crippen LogP contribution is 2.29. The van der Waals surface area contributed by atoms with Gasteiger partial charge in [-0.3, -0.25) is 4.79 Å². The van der Waals surface area contributed by atoms with E-state index in [1.807, 2.05) is 0 Å². The van der Waals surface area contributed by atoms with Gasteiger partial charge in [0.25, 0.3) is 0 Å². The van der Waals surface area contributed by atoms with Gasteiger partial charge < -0.3 is 16.5 Å². The lowest BCUT2D eigenvalue weighted by Gasteiger charge is -2.05. The fraction of sp³-hybridized carbons (Fsp3) is 0. The summed E-state index contributed by atoms with van der Waals surface area (Å²) in [4.78, 5) is 18.9. The van der Waals surface area contributed by atoms with Crippen molar-refractivity contribution in [2.75, 3.05) is 5.73 Å². The first-order chi connectivity index (χ1) is 7.66. The molecule has 1 aromatic heterocycles. The lowest BCUT2D eigenvalue weighted by molar-refractivity contribution is 0.0997. The second-order valence-electron chi connectivity index (χ2n) is 3.12. The highest BCUT2D eigenvalue weighted by molar-refractivity contribution is 7.99. The molecular formula is C10H10N4OS. The smallest absolute Gasteiger partial charge is 0.249 e. The van der Waals surface area contributed by atoms with Crippen LogP contribution in [0.3, 0.4) is 0 Å². The largest absolute Gasteiger partial charge is 0.399 e. The molecule has 0 aliphatic rings. The number of hydrogen-bond acceptors (Lipinski definition) is 4. The summed E-state index contributed by atoms with van der Waals surface area (Å²) in [5, 5.41) is 0.688. The first kappa shape index (κ1) is 10.6. The van der Waals surface area contributed by atoms with Crippen LogP contribution in [0.25, 0.3) is 0 Å². The number of nitrogens with zero attached hydrogens (tertiary/aromatic N) is 1. The average molecular weight is 234 g/mol. The molecule has 0 bridgehead atoms. The number of aromatic amines is 1. The third kappa shape index (κ3) is 2.17. The maximum absolute atomic E-state index is 11.2. The molecule has 5 N–H and O–H groups in total. The number of nitrogens with one attached hydrogen (secondary N) is 1. The summed E-state index contributed by atoms with van der Waals surface area (Å²) in [5.74, 6) is -0.478. The van der Waals surface area contributed by atoms with Gasteiger partial charge in [0.05, 0.1) is 5.56 Å². The van der Waals surface area contributed by atoms with Crippen LogP contribution in [0.15, 0.2) is 40.6 Å². The van der Waals surface area contributed by atoms with Crippen LogP contribution in [0.5, 0.6) is 0 Å². The molecule has 0 aliphatic carbocycles. The van der Waals surface area contributed by atoms with Crippen LogP contribution >= 0.6 is 11.8 Å². The van der Waals surface area contributed by atoms with Crippen molar-refractivity contribution < 1.29 is 4.79 Å². The van der Waals surface area contributed by atoms with E-state index in [9.17, 15) is 4.79 Å². The number of H-pyrrole nitrogens is 1. The number of nitrogens with two attached hydrogens (primary N) is 2. The molecule has 1 heterocycles. The van der Waals surface area contributed by atoms with Gasteiger partial charge in [0.1, 0.15) is 0 Å². The van der Waals surface area contributed by atoms with E-state index >= 15 is 0 Å². The summed E-state index contributed by atoms with van der Waals surface area (Å²) < 4.78 is 0. The number of nitrogen functional groups attached to an aromatic ring is 1. The molecule has 0 saturated carbocycles. The van der Waals surface area contributed by atoms with Gasteiger partial charge >= 0.3 is 0 Å². The first-order valence-electron chi connectivity index (χ1n) is 4.53. The monoisotopic (exact) mass is 234 g/mol. The van der Waals surface area contributed by atoms with Gasteiger partial charge in [-0.2, -0.15) is 0 Å². The Morgan fingerprint density at radius 3 is 2.88 bits per heavy atom. The van der Waals surface area contributed by atoms with Crippen molar-refractivity contribution >= 4 is 23.4 Å². The molecule has 0 aliphatic heterocycles. The molecule has 16 heavy (non-hydrogen) atoms. The van der Waals surface area contributed by atoms with E-state index < -0.39 is 5.91 Å². The second-order valence-corrected chi connectivity index (χ2v) is 4.15. The lowest BCUT2D eigenvalue weighted by Crippen LogP contribution is -2.12. The SMILES string of the molecule is NC(=O)c1ccc(N)cc1Sc1ncc[nH]1. The lowest BCUT2D eigenvalue weighted by atomic mass is 10.2. The average Bonchev–Trinajstić information content (AvgIpc) is 2.70. The van der Waals surface area contributed by atoms with E-state index in [2.05, 4.69) is 9.97 Å². The second kappa shape index (κ2) is 4.28. The zero-order chi connectivity index (χ0) is 11.5. The summed E-state index contributed by atoms with van der Waals surface area (Å²) >= 11 is 1.32. The Morgan fingerprint density at radius 2 is 2.25 bits per heavy atom. The summed E-state index contributed by atoms with van der Waals surface area (Å²) in [6, 6.07) is 4.96. The van der Waals surface area contributed by atoms with Crippen LogP contribution in [-0.2, 0) is 0 Å². The maximum Gasteiger partial charge on any atom is 0.249 e. The minimum Gasteiger partial charge on any atom is -0.399 e. The predicted octanol–water partition coefficient (Wildman–Crippen LogP) is 1.24. The number of aromatic nitrogens is 2. The van der Waals surface area contributed by atoms with Gasteiger partial charge in [-0.15, -0.1) is 0 Å². The van der Waals surface area contributed by atoms with E-state index in [0.29, 0.717) is 21.3 Å². The van der Waals surface area contributed by atoms with Gasteiger partial charge in [-0.25, -0.2) is 4.98 Å². The number of benzene rings is 1. The fourth-order valence-corrected chi connectivity index (χ4v) is 2.16. The third-order valence-electron chi connectivity index (χ3n) is 1.95. The van der Waals surface area contributed by atoms with Crippen molar-refractivity contribution in [2.45, 2.75) is 10.1 Å². The zero-order valence-electron chi connectivity index (χ0n) is 8.31. The predicted molar refractivity (Wildman–Crippen MR) is 62.1 cm³/mol. The molecule has 82 valence electrons. The molecule has 5 nitrogen and oxygen atoms in total. The number of anilines is 1. The quantitative estimate of drug-likeness (QED) is 0.696. The van der Waals surface area contributed by atoms with Crippen molar-refractivity contribution in [1.82, 2.24) is 9.97 Å². The maximum atomic E-state index is 11.2. The van der Waals surface area contributed by atoms with E-state index in [1.165, 1.54) is 11.8 Å². The number of hydrogen-bond donors (Lipinski definition) is 3. The molecule has 1 aromatic carbocycles. The molecule has 0 radical (unpaired) electrons. The number of rotatable bonds is 3. The molecule has 0 fully saturated rings. The molecule has 0 spiro atoms. The van der Waals surface area contributed by atoms with Crippen LogP contribution in [0.4, 0.5) is 5.69 Å². The van der Waals surface area contributed by atoms with Gasteiger partial charge in [0.15, 0.2) is 5.16 Å². The van der Waals surface area contributed by atoms with Crippen molar-refractivity contribution in [3.05, 3.63) is 36.2 Å². The number of carbonyl (C=O) groups is 1. The summed E-state index contributed by atoms with van der Waals surface area (Å²) in [6.45, 7) is 0. The molecule has 2 aromatic rings. The number of imidazole rings is 1. The molecular weight excluding hydrogens is 224 g/mol. The van der Waals surface area contributed by atoms with Crippen LogP contribution in [0.1, 0.15) is 10.4 Å². The number of carbonyl (C=O) groups excluding carboxylic acids is 1. The Balaban J connectivity index is 2.38. The van der Waals surface area contributed by atoms with Gasteiger partial charge in [0, 0.05) is 23.0 Å². The topological polar surface area (TPSA) is 97.8 Å². The molecule has 0 atom stereocenters. The van der Waals surface area contributed by atoms with Gasteiger partial charge in [-0.1, -0.05) is 11.8 Å². The highest BCUT2D eigenvalue weighted by atomic mass is 32.2. The van der Waals surface area contributed by atoms with Crippen LogP contribution in [-0.4, -0.2) is 15.9 Å². The molecule has 0 unspecified atom stereocenters. The van der Waals surface area contributed by atoms with E-state index in [4.69, 9.17) is 11.5 Å². The standard InChI is InChI=1S/C10H10N4OS/c11-6-1-2-7(9(12)15)8(5-6)16-10-13-3-4-14-10/h1-5H,11H2,(H2,12,15)(H,13,14).